The number of hydrogen-bond acceptors (Lipinski definition) is 2. The van der Waals surface area contributed by atoms with Crippen LogP contribution in [0.5, 0.6) is 0 Å². The molecule has 0 saturated heterocycles. The van der Waals surface area contributed by atoms with E-state index in [1.807, 2.05) is 0 Å². The molecule has 0 aliphatic carbocycles. The van der Waals surface area contributed by atoms with Gasteiger partial charge in [-0.3, -0.25) is 0 Å². The van der Waals surface area contributed by atoms with Crippen LogP contribution in [0.4, 0.5) is 0 Å². The van der Waals surface area contributed by atoms with Crippen LogP contribution in [0.3, 0.4) is 0 Å². The molecule has 1 atom stereocenters. The average Bonchev–Trinajstić information content (AvgIpc) is 2.15. The molecule has 0 amide bonds. The van der Waals surface area contributed by atoms with E-state index in [9.17, 15) is 5.11 Å². The minimum absolute atomic E-state index is 0.275. The summed E-state index contributed by atoms with van der Waals surface area (Å²) < 4.78 is 5.19. The lowest BCUT2D eigenvalue weighted by Crippen LogP contribution is -2.15. The molecule has 1 N–H and O–H groups in total. The maximum atomic E-state index is 9.77. The van der Waals surface area contributed by atoms with Crippen LogP contribution in [0.15, 0.2) is 11.8 Å². The molecule has 0 aromatic carbocycles. The Morgan fingerprint density at radius 2 is 2.23 bits per heavy atom. The summed E-state index contributed by atoms with van der Waals surface area (Å²) in [5.41, 5.74) is 1.08. The first-order chi connectivity index (χ1) is 6.20. The van der Waals surface area contributed by atoms with E-state index in [0.29, 0.717) is 5.92 Å². The van der Waals surface area contributed by atoms with Crippen LogP contribution in [-0.2, 0) is 4.74 Å². The Labute approximate surface area is 80.6 Å². The van der Waals surface area contributed by atoms with Crippen molar-refractivity contribution < 1.29 is 9.84 Å². The smallest absolute Gasteiger partial charge is 0.0876 e. The largest absolute Gasteiger partial charge is 0.501 e. The first-order valence-corrected chi connectivity index (χ1v) is 5.18. The molecule has 2 heteroatoms. The summed E-state index contributed by atoms with van der Waals surface area (Å²) >= 11 is 0. The number of ether oxygens (including phenoxy) is 1. The van der Waals surface area contributed by atoms with Gasteiger partial charge in [0.05, 0.1) is 19.0 Å². The summed E-state index contributed by atoms with van der Waals surface area (Å²) in [4.78, 5) is 0. The summed E-state index contributed by atoms with van der Waals surface area (Å²) in [6.07, 6.45) is 5.46. The molecule has 1 aliphatic heterocycles. The lowest BCUT2D eigenvalue weighted by molar-refractivity contribution is 0.157. The zero-order valence-corrected chi connectivity index (χ0v) is 8.62. The topological polar surface area (TPSA) is 29.5 Å². The lowest BCUT2D eigenvalue weighted by Gasteiger charge is -2.19. The minimum Gasteiger partial charge on any atom is -0.501 e. The Morgan fingerprint density at radius 3 is 2.77 bits per heavy atom. The highest BCUT2D eigenvalue weighted by Gasteiger charge is 2.14. The first-order valence-electron chi connectivity index (χ1n) is 5.18. The maximum absolute atomic E-state index is 9.77. The van der Waals surface area contributed by atoms with Crippen LogP contribution in [0.2, 0.25) is 0 Å². The molecule has 0 spiro atoms. The van der Waals surface area contributed by atoms with Gasteiger partial charge in [0.1, 0.15) is 0 Å². The second-order valence-corrected chi connectivity index (χ2v) is 4.15. The van der Waals surface area contributed by atoms with E-state index >= 15 is 0 Å². The van der Waals surface area contributed by atoms with Crippen molar-refractivity contribution in [1.82, 2.24) is 0 Å². The number of aliphatic hydroxyl groups is 1. The molecular weight excluding hydrogens is 164 g/mol. The molecule has 13 heavy (non-hydrogen) atoms. The van der Waals surface area contributed by atoms with Crippen molar-refractivity contribution >= 4 is 0 Å². The van der Waals surface area contributed by atoms with Crippen molar-refractivity contribution in [2.45, 2.75) is 45.6 Å². The molecule has 0 saturated carbocycles. The highest BCUT2D eigenvalue weighted by atomic mass is 16.5. The van der Waals surface area contributed by atoms with Gasteiger partial charge in [0.2, 0.25) is 0 Å². The molecule has 0 fully saturated rings. The Bertz CT molecular complexity index is 173. The average molecular weight is 184 g/mol. The molecule has 1 heterocycles. The van der Waals surface area contributed by atoms with Gasteiger partial charge in [0, 0.05) is 0 Å². The number of aliphatic hydroxyl groups excluding tert-OH is 1. The van der Waals surface area contributed by atoms with Gasteiger partial charge >= 0.3 is 0 Å². The van der Waals surface area contributed by atoms with Crippen molar-refractivity contribution in [1.29, 1.82) is 0 Å². The van der Waals surface area contributed by atoms with Gasteiger partial charge in [-0.25, -0.2) is 0 Å². The van der Waals surface area contributed by atoms with Gasteiger partial charge in [-0.15, -0.1) is 0 Å². The summed E-state index contributed by atoms with van der Waals surface area (Å²) in [7, 11) is 0. The third kappa shape index (κ3) is 3.81. The van der Waals surface area contributed by atoms with Gasteiger partial charge in [-0.05, 0) is 37.2 Å². The van der Waals surface area contributed by atoms with Gasteiger partial charge in [0.25, 0.3) is 0 Å². The Hall–Kier alpha value is -0.500. The van der Waals surface area contributed by atoms with Gasteiger partial charge in [-0.2, -0.15) is 0 Å². The molecular formula is C11H20O2. The van der Waals surface area contributed by atoms with Crippen molar-refractivity contribution in [2.24, 2.45) is 5.92 Å². The Kier molecular flexibility index (Phi) is 4.29. The van der Waals surface area contributed by atoms with Crippen molar-refractivity contribution in [3.05, 3.63) is 11.8 Å². The molecule has 1 aliphatic rings. The first kappa shape index (κ1) is 10.6. The second kappa shape index (κ2) is 5.28. The van der Waals surface area contributed by atoms with Gasteiger partial charge < -0.3 is 9.84 Å². The molecule has 0 radical (unpaired) electrons. The van der Waals surface area contributed by atoms with E-state index < -0.39 is 0 Å². The van der Waals surface area contributed by atoms with Crippen LogP contribution in [0.1, 0.15) is 39.5 Å². The predicted octanol–water partition coefficient (Wildman–Crippen LogP) is 2.48. The Morgan fingerprint density at radius 1 is 1.46 bits per heavy atom. The molecule has 1 rings (SSSR count). The standard InChI is InChI=1S/C11H20O2/c1-9(2)5-6-11(12)10-4-3-7-13-8-10/h8-9,11-12H,3-7H2,1-2H3. The summed E-state index contributed by atoms with van der Waals surface area (Å²) in [6.45, 7) is 5.16. The second-order valence-electron chi connectivity index (χ2n) is 4.15. The fourth-order valence-electron chi connectivity index (χ4n) is 1.51. The quantitative estimate of drug-likeness (QED) is 0.727. The van der Waals surface area contributed by atoms with E-state index in [4.69, 9.17) is 4.74 Å². The lowest BCUT2D eigenvalue weighted by atomic mass is 9.97. The van der Waals surface area contributed by atoms with Crippen LogP contribution in [0.25, 0.3) is 0 Å². The van der Waals surface area contributed by atoms with Crippen LogP contribution >= 0.6 is 0 Å². The van der Waals surface area contributed by atoms with Crippen molar-refractivity contribution in [3.8, 4) is 0 Å². The minimum atomic E-state index is -0.275. The summed E-state index contributed by atoms with van der Waals surface area (Å²) in [6, 6.07) is 0. The molecule has 0 aromatic heterocycles. The zero-order valence-electron chi connectivity index (χ0n) is 8.62. The van der Waals surface area contributed by atoms with Gasteiger partial charge in [-0.1, -0.05) is 13.8 Å². The monoisotopic (exact) mass is 184 g/mol. The van der Waals surface area contributed by atoms with Crippen molar-refractivity contribution in [3.63, 3.8) is 0 Å². The van der Waals surface area contributed by atoms with Crippen LogP contribution < -0.4 is 0 Å². The fraction of sp³-hybridized carbons (Fsp3) is 0.818. The molecule has 1 unspecified atom stereocenters. The zero-order chi connectivity index (χ0) is 9.68. The number of hydrogen-bond donors (Lipinski definition) is 1. The highest BCUT2D eigenvalue weighted by molar-refractivity contribution is 5.06. The highest BCUT2D eigenvalue weighted by Crippen LogP contribution is 2.20. The third-order valence-electron chi connectivity index (χ3n) is 2.41. The fourth-order valence-corrected chi connectivity index (χ4v) is 1.51. The predicted molar refractivity (Wildman–Crippen MR) is 53.3 cm³/mol. The van der Waals surface area contributed by atoms with Gasteiger partial charge in [0.15, 0.2) is 0 Å². The number of rotatable bonds is 4. The van der Waals surface area contributed by atoms with E-state index in [2.05, 4.69) is 13.8 Å². The normalized spacial score (nSPS) is 19.5. The van der Waals surface area contributed by atoms with Crippen LogP contribution in [-0.4, -0.2) is 17.8 Å². The SMILES string of the molecule is CC(C)CCC(O)C1=COCCC1. The summed E-state index contributed by atoms with van der Waals surface area (Å²) in [5.74, 6) is 0.666. The van der Waals surface area contributed by atoms with Crippen LogP contribution in [0, 0.1) is 5.92 Å². The molecule has 2 nitrogen and oxygen atoms in total. The van der Waals surface area contributed by atoms with E-state index in [1.165, 1.54) is 0 Å². The summed E-state index contributed by atoms with van der Waals surface area (Å²) in [5, 5.41) is 9.77. The molecule has 76 valence electrons. The third-order valence-corrected chi connectivity index (χ3v) is 2.41. The maximum Gasteiger partial charge on any atom is 0.0876 e. The Balaban J connectivity index is 2.29. The van der Waals surface area contributed by atoms with E-state index in [-0.39, 0.29) is 6.10 Å². The van der Waals surface area contributed by atoms with Crippen molar-refractivity contribution in [2.75, 3.05) is 6.61 Å². The van der Waals surface area contributed by atoms with E-state index in [1.54, 1.807) is 6.26 Å². The van der Waals surface area contributed by atoms with E-state index in [0.717, 1.165) is 37.9 Å². The molecule has 0 bridgehead atoms. The molecule has 0 aromatic rings.